The second-order valence-corrected chi connectivity index (χ2v) is 5.95. The second kappa shape index (κ2) is 5.69. The predicted octanol–water partition coefficient (Wildman–Crippen LogP) is 3.30. The van der Waals surface area contributed by atoms with Crippen LogP contribution < -0.4 is 0 Å². The van der Waals surface area contributed by atoms with Crippen LogP contribution in [0.4, 0.5) is 13.2 Å². The van der Waals surface area contributed by atoms with E-state index in [-0.39, 0.29) is 0 Å². The van der Waals surface area contributed by atoms with Crippen LogP contribution in [0.3, 0.4) is 0 Å². The molecule has 6 heteroatoms. The number of hydrogen-bond donors (Lipinski definition) is 1. The fraction of sp³-hybridized carbons (Fsp3) is 0.923. The van der Waals surface area contributed by atoms with Crippen LogP contribution in [-0.2, 0) is 9.53 Å². The number of alkyl halides is 3. The third kappa shape index (κ3) is 4.09. The molecule has 0 saturated heterocycles. The lowest BCUT2D eigenvalue weighted by Gasteiger charge is -2.37. The van der Waals surface area contributed by atoms with Gasteiger partial charge in [-0.2, -0.15) is 13.2 Å². The highest BCUT2D eigenvalue weighted by molar-refractivity contribution is 5.76. The first-order valence-electron chi connectivity index (χ1n) is 6.27. The summed E-state index contributed by atoms with van der Waals surface area (Å²) in [6.07, 6.45) is -6.06. The number of ether oxygens (including phenoxy) is 1. The number of halogens is 3. The Bertz CT molecular complexity index is 320. The predicted molar refractivity (Wildman–Crippen MR) is 65.5 cm³/mol. The number of carbonyl (C=O) groups excluding carboxylic acids is 1. The minimum Gasteiger partial charge on any atom is -0.458 e. The monoisotopic (exact) mass is 284 g/mol. The highest BCUT2D eigenvalue weighted by Gasteiger charge is 2.58. The number of hydrogen-bond acceptors (Lipinski definition) is 3. The van der Waals surface area contributed by atoms with Crippen molar-refractivity contribution in [3.63, 3.8) is 0 Å². The maximum atomic E-state index is 12.8. The van der Waals surface area contributed by atoms with Crippen LogP contribution >= 0.6 is 0 Å². The lowest BCUT2D eigenvalue weighted by atomic mass is 9.87. The van der Waals surface area contributed by atoms with E-state index in [9.17, 15) is 23.1 Å². The molecular formula is C13H23F3O3. The van der Waals surface area contributed by atoms with Crippen LogP contribution in [0.2, 0.25) is 0 Å². The summed E-state index contributed by atoms with van der Waals surface area (Å²) in [5.74, 6) is -1.40. The molecule has 0 aliphatic heterocycles. The lowest BCUT2D eigenvalue weighted by Crippen LogP contribution is -2.56. The van der Waals surface area contributed by atoms with Gasteiger partial charge in [-0.1, -0.05) is 20.8 Å². The van der Waals surface area contributed by atoms with E-state index in [2.05, 4.69) is 0 Å². The fourth-order valence-electron chi connectivity index (χ4n) is 1.48. The summed E-state index contributed by atoms with van der Waals surface area (Å²) in [4.78, 5) is 11.9. The van der Waals surface area contributed by atoms with Crippen LogP contribution in [0.15, 0.2) is 0 Å². The van der Waals surface area contributed by atoms with Gasteiger partial charge in [0.1, 0.15) is 6.10 Å². The van der Waals surface area contributed by atoms with Gasteiger partial charge >= 0.3 is 12.1 Å². The molecule has 0 spiro atoms. The summed E-state index contributed by atoms with van der Waals surface area (Å²) in [5, 5.41) is 9.67. The smallest absolute Gasteiger partial charge is 0.420 e. The lowest BCUT2D eigenvalue weighted by molar-refractivity contribution is -0.292. The second-order valence-electron chi connectivity index (χ2n) is 5.95. The van der Waals surface area contributed by atoms with Crippen molar-refractivity contribution in [1.82, 2.24) is 0 Å². The zero-order chi connectivity index (χ0) is 15.6. The van der Waals surface area contributed by atoms with Gasteiger partial charge in [0, 0.05) is 0 Å². The Morgan fingerprint density at radius 3 is 1.89 bits per heavy atom. The van der Waals surface area contributed by atoms with E-state index in [0.29, 0.717) is 13.3 Å². The van der Waals surface area contributed by atoms with Crippen LogP contribution in [-0.4, -0.2) is 29.0 Å². The van der Waals surface area contributed by atoms with Crippen molar-refractivity contribution < 1.29 is 27.8 Å². The molecule has 0 aromatic rings. The molecule has 114 valence electrons. The summed E-state index contributed by atoms with van der Waals surface area (Å²) in [7, 11) is 0. The summed E-state index contributed by atoms with van der Waals surface area (Å²) in [5.41, 5.74) is -3.95. The highest BCUT2D eigenvalue weighted by atomic mass is 19.4. The van der Waals surface area contributed by atoms with E-state index in [1.807, 2.05) is 0 Å². The van der Waals surface area contributed by atoms with Crippen molar-refractivity contribution in [1.29, 1.82) is 0 Å². The molecular weight excluding hydrogens is 261 g/mol. The average Bonchev–Trinajstić information content (AvgIpc) is 2.22. The standard InChI is InChI=1S/C13H23F3O3/c1-7-11(4,5)10(17)19-9(8(2)3)12(6,18)13(14,15)16/h8-9,18H,7H2,1-6H3. The molecule has 0 aliphatic carbocycles. The van der Waals surface area contributed by atoms with E-state index < -0.39 is 35.2 Å². The minimum atomic E-state index is -4.86. The Morgan fingerprint density at radius 1 is 1.21 bits per heavy atom. The van der Waals surface area contributed by atoms with Crippen molar-refractivity contribution in [3.05, 3.63) is 0 Å². The first-order chi connectivity index (χ1) is 8.27. The molecule has 0 amide bonds. The molecule has 0 fully saturated rings. The van der Waals surface area contributed by atoms with Crippen LogP contribution in [0.25, 0.3) is 0 Å². The zero-order valence-corrected chi connectivity index (χ0v) is 12.3. The SMILES string of the molecule is CCC(C)(C)C(=O)OC(C(C)C)C(C)(O)C(F)(F)F. The quantitative estimate of drug-likeness (QED) is 0.788. The van der Waals surface area contributed by atoms with Gasteiger partial charge in [0.25, 0.3) is 0 Å². The summed E-state index contributed by atoms with van der Waals surface area (Å²) in [6.45, 7) is 8.50. The molecule has 0 aromatic carbocycles. The molecule has 0 rings (SSSR count). The molecule has 0 aliphatic rings. The summed E-state index contributed by atoms with van der Waals surface area (Å²) in [6, 6.07) is 0. The minimum absolute atomic E-state index is 0.435. The van der Waals surface area contributed by atoms with E-state index in [1.54, 1.807) is 20.8 Å². The van der Waals surface area contributed by atoms with E-state index in [1.165, 1.54) is 13.8 Å². The van der Waals surface area contributed by atoms with Crippen molar-refractivity contribution in [2.45, 2.75) is 65.8 Å². The summed E-state index contributed by atoms with van der Waals surface area (Å²) >= 11 is 0. The molecule has 3 nitrogen and oxygen atoms in total. The third-order valence-electron chi connectivity index (χ3n) is 3.40. The molecule has 19 heavy (non-hydrogen) atoms. The van der Waals surface area contributed by atoms with Gasteiger partial charge in [0.15, 0.2) is 5.60 Å². The molecule has 0 heterocycles. The Balaban J connectivity index is 5.23. The van der Waals surface area contributed by atoms with Gasteiger partial charge in [0.05, 0.1) is 5.41 Å². The molecule has 0 bridgehead atoms. The number of esters is 1. The third-order valence-corrected chi connectivity index (χ3v) is 3.40. The maximum absolute atomic E-state index is 12.8. The van der Waals surface area contributed by atoms with E-state index in [4.69, 9.17) is 4.74 Å². The Hall–Kier alpha value is -0.780. The van der Waals surface area contributed by atoms with Gasteiger partial charge < -0.3 is 9.84 Å². The molecule has 0 saturated carbocycles. The maximum Gasteiger partial charge on any atom is 0.420 e. The highest BCUT2D eigenvalue weighted by Crippen LogP contribution is 2.38. The molecule has 2 atom stereocenters. The van der Waals surface area contributed by atoms with E-state index >= 15 is 0 Å². The Labute approximate surface area is 112 Å². The van der Waals surface area contributed by atoms with Gasteiger partial charge in [-0.15, -0.1) is 0 Å². The Morgan fingerprint density at radius 2 is 1.63 bits per heavy atom. The van der Waals surface area contributed by atoms with Crippen LogP contribution in [0.5, 0.6) is 0 Å². The largest absolute Gasteiger partial charge is 0.458 e. The van der Waals surface area contributed by atoms with Crippen molar-refractivity contribution >= 4 is 5.97 Å². The average molecular weight is 284 g/mol. The number of carbonyl (C=O) groups is 1. The van der Waals surface area contributed by atoms with Gasteiger partial charge in [-0.05, 0) is 33.1 Å². The molecule has 1 N–H and O–H groups in total. The normalized spacial score (nSPS) is 18.1. The molecule has 2 unspecified atom stereocenters. The van der Waals surface area contributed by atoms with Gasteiger partial charge in [-0.3, -0.25) is 4.79 Å². The van der Waals surface area contributed by atoms with Crippen LogP contribution in [0.1, 0.15) is 48.0 Å². The molecule has 0 radical (unpaired) electrons. The number of rotatable bonds is 5. The van der Waals surface area contributed by atoms with Crippen molar-refractivity contribution in [3.8, 4) is 0 Å². The summed E-state index contributed by atoms with van der Waals surface area (Å²) < 4.78 is 43.4. The zero-order valence-electron chi connectivity index (χ0n) is 12.3. The first kappa shape index (κ1) is 18.2. The fourth-order valence-corrected chi connectivity index (χ4v) is 1.48. The Kier molecular flexibility index (Phi) is 5.46. The number of aliphatic hydroxyl groups is 1. The first-order valence-corrected chi connectivity index (χ1v) is 6.27. The van der Waals surface area contributed by atoms with E-state index in [0.717, 1.165) is 0 Å². The van der Waals surface area contributed by atoms with Gasteiger partial charge in [-0.25, -0.2) is 0 Å². The van der Waals surface area contributed by atoms with Gasteiger partial charge in [0.2, 0.25) is 0 Å². The van der Waals surface area contributed by atoms with Crippen LogP contribution in [0, 0.1) is 11.3 Å². The topological polar surface area (TPSA) is 46.5 Å². The van der Waals surface area contributed by atoms with Crippen molar-refractivity contribution in [2.75, 3.05) is 0 Å². The van der Waals surface area contributed by atoms with Crippen molar-refractivity contribution in [2.24, 2.45) is 11.3 Å². The molecule has 0 aromatic heterocycles.